The van der Waals surface area contributed by atoms with E-state index in [1.165, 1.54) is 12.4 Å². The first-order chi connectivity index (χ1) is 15.7. The molecule has 0 aliphatic rings. The number of H-pyrrole nitrogens is 1. The lowest BCUT2D eigenvalue weighted by Crippen LogP contribution is -2.42. The summed E-state index contributed by atoms with van der Waals surface area (Å²) in [6.07, 6.45) is 2.00. The molecular formula is C22H18ClF2N7O. The fourth-order valence-electron chi connectivity index (χ4n) is 3.21. The van der Waals surface area contributed by atoms with E-state index in [0.29, 0.717) is 38.6 Å². The van der Waals surface area contributed by atoms with Crippen molar-refractivity contribution < 1.29 is 13.6 Å². The lowest BCUT2D eigenvalue weighted by Gasteiger charge is -2.17. The van der Waals surface area contributed by atoms with Crippen LogP contribution >= 0.6 is 11.6 Å². The van der Waals surface area contributed by atoms with Crippen LogP contribution in [0.4, 0.5) is 8.78 Å². The summed E-state index contributed by atoms with van der Waals surface area (Å²) in [6, 6.07) is 8.75. The van der Waals surface area contributed by atoms with E-state index in [9.17, 15) is 13.6 Å². The van der Waals surface area contributed by atoms with Gasteiger partial charge >= 0.3 is 0 Å². The van der Waals surface area contributed by atoms with Gasteiger partial charge in [0.1, 0.15) is 23.4 Å². The molecule has 0 radical (unpaired) electrons. The summed E-state index contributed by atoms with van der Waals surface area (Å²) in [4.78, 5) is 24.4. The van der Waals surface area contributed by atoms with Crippen molar-refractivity contribution in [3.63, 3.8) is 0 Å². The van der Waals surface area contributed by atoms with E-state index in [4.69, 9.17) is 16.9 Å². The molecule has 0 aromatic carbocycles. The van der Waals surface area contributed by atoms with Gasteiger partial charge in [-0.1, -0.05) is 17.7 Å². The molecule has 0 spiro atoms. The Bertz CT molecular complexity index is 1390. The molecular weight excluding hydrogens is 452 g/mol. The molecule has 0 saturated heterocycles. The maximum absolute atomic E-state index is 12.6. The lowest BCUT2D eigenvalue weighted by atomic mass is 10.1. The van der Waals surface area contributed by atoms with Crippen LogP contribution in [0.3, 0.4) is 0 Å². The molecule has 4 heterocycles. The maximum Gasteiger partial charge on any atom is 0.271 e. The third-order valence-electron chi connectivity index (χ3n) is 4.82. The number of aromatic nitrogens is 5. The Labute approximate surface area is 192 Å². The number of hydrogen-bond donors (Lipinski definition) is 2. The van der Waals surface area contributed by atoms with Crippen LogP contribution in [-0.4, -0.2) is 42.6 Å². The molecule has 2 N–H and O–H groups in total. The molecule has 0 aliphatic carbocycles. The summed E-state index contributed by atoms with van der Waals surface area (Å²) < 4.78 is 26.4. The fourth-order valence-corrected chi connectivity index (χ4v) is 3.51. The molecule has 8 nitrogen and oxygen atoms in total. The monoisotopic (exact) mass is 469 g/mol. The van der Waals surface area contributed by atoms with Crippen LogP contribution in [0.2, 0.25) is 5.02 Å². The van der Waals surface area contributed by atoms with E-state index < -0.39 is 24.4 Å². The average molecular weight is 470 g/mol. The first kappa shape index (κ1) is 22.4. The quantitative estimate of drug-likeness (QED) is 0.433. The highest BCUT2D eigenvalue weighted by molar-refractivity contribution is 6.38. The van der Waals surface area contributed by atoms with Gasteiger partial charge in [-0.05, 0) is 32.0 Å². The molecule has 0 bridgehead atoms. The van der Waals surface area contributed by atoms with Crippen LogP contribution in [0.5, 0.6) is 0 Å². The Kier molecular flexibility index (Phi) is 5.82. The first-order valence-corrected chi connectivity index (χ1v) is 10.2. The summed E-state index contributed by atoms with van der Waals surface area (Å²) in [5, 5.41) is 16.6. The molecule has 0 atom stereocenters. The molecule has 33 heavy (non-hydrogen) atoms. The number of nitrogens with one attached hydrogen (secondary N) is 2. The number of nitrogens with zero attached hydrogens (tertiary/aromatic N) is 5. The molecule has 0 unspecified atom stereocenters. The average Bonchev–Trinajstić information content (AvgIpc) is 3.37. The summed E-state index contributed by atoms with van der Waals surface area (Å²) in [5.41, 5.74) is 1.81. The molecule has 0 saturated carbocycles. The van der Waals surface area contributed by atoms with Crippen LogP contribution < -0.4 is 5.32 Å². The minimum atomic E-state index is -2.52. The molecule has 0 aliphatic heterocycles. The van der Waals surface area contributed by atoms with Gasteiger partial charge in [0.15, 0.2) is 0 Å². The number of carbonyl (C=O) groups excluding carboxylic acids is 1. The van der Waals surface area contributed by atoms with Gasteiger partial charge in [-0.15, -0.1) is 0 Å². The SMILES string of the molecule is CC(C)(C#N)NC(=O)c1cccc(-c2cnc3[nH]c(-c4cnn(CC(F)F)c4)c(Cl)c3c2)n1. The lowest BCUT2D eigenvalue weighted by molar-refractivity contribution is 0.0924. The Hall–Kier alpha value is -3.84. The second-order valence-corrected chi connectivity index (χ2v) is 8.25. The molecule has 168 valence electrons. The van der Waals surface area contributed by atoms with Crippen molar-refractivity contribution >= 4 is 28.5 Å². The van der Waals surface area contributed by atoms with Gasteiger partial charge in [-0.25, -0.2) is 18.7 Å². The van der Waals surface area contributed by atoms with Crippen LogP contribution in [0.1, 0.15) is 24.3 Å². The van der Waals surface area contributed by atoms with Crippen molar-refractivity contribution in [3.05, 3.63) is 53.6 Å². The van der Waals surface area contributed by atoms with Crippen molar-refractivity contribution in [2.45, 2.75) is 32.4 Å². The summed E-state index contributed by atoms with van der Waals surface area (Å²) in [5.74, 6) is -0.472. The molecule has 4 rings (SSSR count). The minimum absolute atomic E-state index is 0.156. The summed E-state index contributed by atoms with van der Waals surface area (Å²) in [7, 11) is 0. The van der Waals surface area contributed by atoms with Crippen LogP contribution in [0.15, 0.2) is 42.9 Å². The van der Waals surface area contributed by atoms with Crippen molar-refractivity contribution in [2.75, 3.05) is 0 Å². The zero-order chi connectivity index (χ0) is 23.8. The number of nitriles is 1. The van der Waals surface area contributed by atoms with Crippen molar-refractivity contribution in [1.82, 2.24) is 30.0 Å². The standard InChI is InChI=1S/C22H18ClF2N7O/c1-22(2,11-26)31-21(33)16-5-3-4-15(29-16)12-6-14-18(23)19(30-20(14)27-7-12)13-8-28-32(9-13)10-17(24)25/h3-9,17H,10H2,1-2H3,(H,27,30)(H,31,33). The van der Waals surface area contributed by atoms with Gasteiger partial charge in [-0.2, -0.15) is 10.4 Å². The second kappa shape index (κ2) is 8.60. The highest BCUT2D eigenvalue weighted by atomic mass is 35.5. The number of halogens is 3. The smallest absolute Gasteiger partial charge is 0.271 e. The van der Waals surface area contributed by atoms with Crippen molar-refractivity contribution in [2.24, 2.45) is 0 Å². The zero-order valence-electron chi connectivity index (χ0n) is 17.6. The zero-order valence-corrected chi connectivity index (χ0v) is 18.4. The largest absolute Gasteiger partial charge is 0.338 e. The first-order valence-electron chi connectivity index (χ1n) is 9.86. The number of rotatable bonds is 6. The Morgan fingerprint density at radius 1 is 1.33 bits per heavy atom. The molecule has 11 heteroatoms. The molecule has 4 aromatic heterocycles. The van der Waals surface area contributed by atoms with Gasteiger partial charge < -0.3 is 10.3 Å². The highest BCUT2D eigenvalue weighted by Gasteiger charge is 2.21. The number of carbonyl (C=O) groups is 1. The second-order valence-electron chi connectivity index (χ2n) is 7.88. The van der Waals surface area contributed by atoms with Gasteiger partial charge in [0.05, 0.1) is 28.7 Å². The fraction of sp³-hybridized carbons (Fsp3) is 0.227. The third-order valence-corrected chi connectivity index (χ3v) is 5.21. The van der Waals surface area contributed by atoms with Gasteiger partial charge in [-0.3, -0.25) is 9.48 Å². The minimum Gasteiger partial charge on any atom is -0.338 e. The van der Waals surface area contributed by atoms with E-state index >= 15 is 0 Å². The van der Waals surface area contributed by atoms with Crippen LogP contribution in [-0.2, 0) is 6.54 Å². The van der Waals surface area contributed by atoms with E-state index in [1.54, 1.807) is 44.3 Å². The van der Waals surface area contributed by atoms with Crippen molar-refractivity contribution in [1.29, 1.82) is 5.26 Å². The number of alkyl halides is 2. The van der Waals surface area contributed by atoms with Gasteiger partial charge in [0.2, 0.25) is 0 Å². The molecule has 0 fully saturated rings. The topological polar surface area (TPSA) is 112 Å². The predicted molar refractivity (Wildman–Crippen MR) is 119 cm³/mol. The van der Waals surface area contributed by atoms with E-state index in [0.717, 1.165) is 4.68 Å². The van der Waals surface area contributed by atoms with Crippen LogP contribution in [0.25, 0.3) is 33.5 Å². The summed E-state index contributed by atoms with van der Waals surface area (Å²) >= 11 is 6.56. The van der Waals surface area contributed by atoms with E-state index in [1.807, 2.05) is 6.07 Å². The highest BCUT2D eigenvalue weighted by Crippen LogP contribution is 2.35. The summed E-state index contributed by atoms with van der Waals surface area (Å²) in [6.45, 7) is 2.67. The van der Waals surface area contributed by atoms with Gasteiger partial charge in [0, 0.05) is 28.9 Å². The Morgan fingerprint density at radius 3 is 2.85 bits per heavy atom. The van der Waals surface area contributed by atoms with Crippen LogP contribution in [0, 0.1) is 11.3 Å². The predicted octanol–water partition coefficient (Wildman–Crippen LogP) is 4.44. The van der Waals surface area contributed by atoms with Crippen molar-refractivity contribution in [3.8, 4) is 28.6 Å². The van der Waals surface area contributed by atoms with E-state index in [-0.39, 0.29) is 5.69 Å². The maximum atomic E-state index is 12.6. The molecule has 1 amide bonds. The number of amides is 1. The number of hydrogen-bond acceptors (Lipinski definition) is 5. The Morgan fingerprint density at radius 2 is 2.12 bits per heavy atom. The Balaban J connectivity index is 1.67. The third kappa shape index (κ3) is 4.68. The number of aromatic amines is 1. The number of fused-ring (bicyclic) bond motifs is 1. The van der Waals surface area contributed by atoms with Gasteiger partial charge in [0.25, 0.3) is 12.3 Å². The van der Waals surface area contributed by atoms with E-state index in [2.05, 4.69) is 25.4 Å². The molecule has 4 aromatic rings. The normalized spacial score (nSPS) is 11.7. The number of pyridine rings is 2.